The molecular formula is C14H19NO3S. The summed E-state index contributed by atoms with van der Waals surface area (Å²) in [5.41, 5.74) is 0. The summed E-state index contributed by atoms with van der Waals surface area (Å²) >= 11 is 1.49. The second-order valence-electron chi connectivity index (χ2n) is 4.72. The number of rotatable bonds is 5. The zero-order valence-electron chi connectivity index (χ0n) is 11.1. The van der Waals surface area contributed by atoms with E-state index < -0.39 is 0 Å². The van der Waals surface area contributed by atoms with Crippen LogP contribution in [0.4, 0.5) is 0 Å². The van der Waals surface area contributed by atoms with Crippen molar-refractivity contribution in [2.75, 3.05) is 26.2 Å². The summed E-state index contributed by atoms with van der Waals surface area (Å²) in [7, 11) is 0. The van der Waals surface area contributed by atoms with Gasteiger partial charge in [-0.05, 0) is 37.8 Å². The summed E-state index contributed by atoms with van der Waals surface area (Å²) in [4.78, 5) is 26.6. The van der Waals surface area contributed by atoms with Crippen molar-refractivity contribution in [2.45, 2.75) is 19.8 Å². The van der Waals surface area contributed by atoms with Crippen LogP contribution in [0, 0.1) is 5.92 Å². The minimum Gasteiger partial charge on any atom is -0.465 e. The van der Waals surface area contributed by atoms with E-state index in [-0.39, 0.29) is 17.7 Å². The molecule has 0 aliphatic carbocycles. The first-order valence-corrected chi connectivity index (χ1v) is 7.54. The molecule has 1 aliphatic heterocycles. The topological polar surface area (TPSA) is 46.6 Å². The van der Waals surface area contributed by atoms with E-state index in [4.69, 9.17) is 4.74 Å². The smallest absolute Gasteiger partial charge is 0.320 e. The van der Waals surface area contributed by atoms with Crippen LogP contribution in [-0.4, -0.2) is 42.9 Å². The van der Waals surface area contributed by atoms with Gasteiger partial charge in [-0.3, -0.25) is 14.5 Å². The van der Waals surface area contributed by atoms with Gasteiger partial charge in [0, 0.05) is 12.5 Å². The van der Waals surface area contributed by atoms with Gasteiger partial charge in [0.25, 0.3) is 0 Å². The largest absolute Gasteiger partial charge is 0.465 e. The summed E-state index contributed by atoms with van der Waals surface area (Å²) in [6.07, 6.45) is 1.87. The number of carbonyl (C=O) groups is 2. The van der Waals surface area contributed by atoms with Gasteiger partial charge in [-0.2, -0.15) is 0 Å². The van der Waals surface area contributed by atoms with E-state index in [0.717, 1.165) is 24.3 Å². The van der Waals surface area contributed by atoms with Gasteiger partial charge in [0.05, 0.1) is 18.0 Å². The van der Waals surface area contributed by atoms with Crippen molar-refractivity contribution in [1.29, 1.82) is 0 Å². The van der Waals surface area contributed by atoms with Crippen molar-refractivity contribution >= 4 is 23.1 Å². The van der Waals surface area contributed by atoms with E-state index in [9.17, 15) is 9.59 Å². The fraction of sp³-hybridized carbons (Fsp3) is 0.571. The summed E-state index contributed by atoms with van der Waals surface area (Å²) in [6, 6.07) is 3.77. The Morgan fingerprint density at radius 3 is 3.05 bits per heavy atom. The Hall–Kier alpha value is -1.20. The lowest BCUT2D eigenvalue weighted by Gasteiger charge is -2.30. The van der Waals surface area contributed by atoms with Crippen molar-refractivity contribution in [2.24, 2.45) is 5.92 Å². The number of esters is 1. The monoisotopic (exact) mass is 281 g/mol. The highest BCUT2D eigenvalue weighted by Crippen LogP contribution is 2.23. The quantitative estimate of drug-likeness (QED) is 0.613. The van der Waals surface area contributed by atoms with Crippen LogP contribution in [0.2, 0.25) is 0 Å². The third kappa shape index (κ3) is 3.88. The average molecular weight is 281 g/mol. The fourth-order valence-corrected chi connectivity index (χ4v) is 3.17. The normalized spacial score (nSPS) is 20.2. The maximum absolute atomic E-state index is 12.3. The van der Waals surface area contributed by atoms with Crippen LogP contribution in [0.5, 0.6) is 0 Å². The Morgan fingerprint density at radius 1 is 1.53 bits per heavy atom. The first-order chi connectivity index (χ1) is 9.20. The third-order valence-corrected chi connectivity index (χ3v) is 4.18. The third-order valence-electron chi connectivity index (χ3n) is 3.30. The molecule has 1 aromatic rings. The van der Waals surface area contributed by atoms with E-state index in [0.29, 0.717) is 19.7 Å². The van der Waals surface area contributed by atoms with Crippen molar-refractivity contribution in [3.8, 4) is 0 Å². The number of Topliss-reactive ketones (excluding diaryl/α,β-unsaturated/α-hetero) is 1. The van der Waals surface area contributed by atoms with Crippen LogP contribution < -0.4 is 0 Å². The molecule has 2 rings (SSSR count). The van der Waals surface area contributed by atoms with E-state index in [1.165, 1.54) is 11.3 Å². The van der Waals surface area contributed by atoms with Gasteiger partial charge < -0.3 is 4.74 Å². The number of carbonyl (C=O) groups excluding carboxylic acids is 2. The van der Waals surface area contributed by atoms with Gasteiger partial charge in [-0.15, -0.1) is 11.3 Å². The summed E-state index contributed by atoms with van der Waals surface area (Å²) in [5.74, 6) is 0.0251. The highest BCUT2D eigenvalue weighted by Gasteiger charge is 2.28. The van der Waals surface area contributed by atoms with Gasteiger partial charge in [-0.25, -0.2) is 0 Å². The number of thiophene rings is 1. The standard InChI is InChI=1S/C14H19NO3S/c1-2-18-13(16)10-15-7-3-5-11(9-15)14(17)12-6-4-8-19-12/h4,6,8,11H,2-3,5,7,9-10H2,1H3/t11-/m0/s1. The first-order valence-electron chi connectivity index (χ1n) is 6.66. The Bertz CT molecular complexity index is 430. The molecule has 1 saturated heterocycles. The van der Waals surface area contributed by atoms with Gasteiger partial charge >= 0.3 is 5.97 Å². The molecule has 0 saturated carbocycles. The van der Waals surface area contributed by atoms with Gasteiger partial charge in [-0.1, -0.05) is 6.07 Å². The summed E-state index contributed by atoms with van der Waals surface area (Å²) in [6.45, 7) is 4.03. The van der Waals surface area contributed by atoms with E-state index in [2.05, 4.69) is 0 Å². The van der Waals surface area contributed by atoms with Crippen LogP contribution in [0.25, 0.3) is 0 Å². The molecule has 5 heteroatoms. The maximum Gasteiger partial charge on any atom is 0.320 e. The highest BCUT2D eigenvalue weighted by molar-refractivity contribution is 7.12. The van der Waals surface area contributed by atoms with Crippen molar-refractivity contribution in [3.05, 3.63) is 22.4 Å². The fourth-order valence-electron chi connectivity index (χ4n) is 2.42. The number of likely N-dealkylation sites (tertiary alicyclic amines) is 1. The zero-order chi connectivity index (χ0) is 13.7. The molecule has 0 aromatic carbocycles. The predicted octanol–water partition coefficient (Wildman–Crippen LogP) is 2.21. The van der Waals surface area contributed by atoms with Crippen molar-refractivity contribution in [1.82, 2.24) is 4.90 Å². The molecule has 0 N–H and O–H groups in total. The molecule has 0 bridgehead atoms. The second kappa shape index (κ2) is 6.82. The van der Waals surface area contributed by atoms with Gasteiger partial charge in [0.1, 0.15) is 0 Å². The lowest BCUT2D eigenvalue weighted by molar-refractivity contribution is -0.144. The predicted molar refractivity (Wildman–Crippen MR) is 74.4 cm³/mol. The van der Waals surface area contributed by atoms with Crippen LogP contribution in [0.3, 0.4) is 0 Å². The first kappa shape index (κ1) is 14.2. The molecule has 4 nitrogen and oxygen atoms in total. The molecule has 19 heavy (non-hydrogen) atoms. The summed E-state index contributed by atoms with van der Waals surface area (Å²) < 4.78 is 4.95. The average Bonchev–Trinajstić information content (AvgIpc) is 2.92. The number of hydrogen-bond donors (Lipinski definition) is 0. The number of piperidine rings is 1. The molecule has 0 unspecified atom stereocenters. The Balaban J connectivity index is 1.90. The number of ketones is 1. The van der Waals surface area contributed by atoms with Gasteiger partial charge in [0.15, 0.2) is 5.78 Å². The lowest BCUT2D eigenvalue weighted by Crippen LogP contribution is -2.41. The number of nitrogens with zero attached hydrogens (tertiary/aromatic N) is 1. The molecule has 2 heterocycles. The SMILES string of the molecule is CCOC(=O)CN1CCC[C@H](C(=O)c2cccs2)C1. The summed E-state index contributed by atoms with van der Waals surface area (Å²) in [5, 5.41) is 1.92. The highest BCUT2D eigenvalue weighted by atomic mass is 32.1. The van der Waals surface area contributed by atoms with Crippen LogP contribution in [-0.2, 0) is 9.53 Å². The molecule has 1 aromatic heterocycles. The lowest BCUT2D eigenvalue weighted by atomic mass is 9.93. The Kier molecular flexibility index (Phi) is 5.10. The molecule has 1 aliphatic rings. The molecule has 1 fully saturated rings. The second-order valence-corrected chi connectivity index (χ2v) is 5.67. The van der Waals surface area contributed by atoms with Crippen molar-refractivity contribution < 1.29 is 14.3 Å². The van der Waals surface area contributed by atoms with Crippen LogP contribution in [0.15, 0.2) is 17.5 Å². The molecule has 0 radical (unpaired) electrons. The van der Waals surface area contributed by atoms with Gasteiger partial charge in [0.2, 0.25) is 0 Å². The zero-order valence-corrected chi connectivity index (χ0v) is 11.9. The van der Waals surface area contributed by atoms with E-state index in [1.54, 1.807) is 6.92 Å². The Labute approximate surface area is 117 Å². The van der Waals surface area contributed by atoms with E-state index in [1.807, 2.05) is 22.4 Å². The number of ether oxygens (including phenoxy) is 1. The van der Waals surface area contributed by atoms with E-state index >= 15 is 0 Å². The molecule has 1 atom stereocenters. The minimum atomic E-state index is -0.202. The Morgan fingerprint density at radius 2 is 2.37 bits per heavy atom. The molecule has 104 valence electrons. The minimum absolute atomic E-state index is 0.0156. The number of hydrogen-bond acceptors (Lipinski definition) is 5. The van der Waals surface area contributed by atoms with Crippen molar-refractivity contribution in [3.63, 3.8) is 0 Å². The van der Waals surface area contributed by atoms with Crippen LogP contribution in [0.1, 0.15) is 29.4 Å². The maximum atomic E-state index is 12.3. The molecule has 0 spiro atoms. The van der Waals surface area contributed by atoms with Crippen LogP contribution >= 0.6 is 11.3 Å². The molecule has 0 amide bonds. The molecular weight excluding hydrogens is 262 g/mol.